The molecule has 16 heavy (non-hydrogen) atoms. The summed E-state index contributed by atoms with van der Waals surface area (Å²) in [5.74, 6) is 1.56. The van der Waals surface area contributed by atoms with E-state index in [2.05, 4.69) is 5.32 Å². The van der Waals surface area contributed by atoms with Crippen LogP contribution in [0.1, 0.15) is 32.1 Å². The lowest BCUT2D eigenvalue weighted by Crippen LogP contribution is -2.47. The van der Waals surface area contributed by atoms with Crippen molar-refractivity contribution in [3.63, 3.8) is 0 Å². The lowest BCUT2D eigenvalue weighted by Gasteiger charge is -2.24. The molecule has 2 aliphatic carbocycles. The summed E-state index contributed by atoms with van der Waals surface area (Å²) in [6.45, 7) is 0.547. The Morgan fingerprint density at radius 3 is 2.88 bits per heavy atom. The lowest BCUT2D eigenvalue weighted by molar-refractivity contribution is -0.123. The molecule has 2 fully saturated rings. The molecule has 2 saturated carbocycles. The smallest absolute Gasteiger partial charge is 0.237 e. The minimum atomic E-state index is -0.418. The van der Waals surface area contributed by atoms with Crippen LogP contribution in [-0.4, -0.2) is 31.7 Å². The van der Waals surface area contributed by atoms with Gasteiger partial charge in [0.25, 0.3) is 0 Å². The molecule has 0 radical (unpaired) electrons. The monoisotopic (exact) mass is 226 g/mol. The number of carbonyl (C=O) groups is 1. The summed E-state index contributed by atoms with van der Waals surface area (Å²) in [6, 6.07) is -0.0288. The van der Waals surface area contributed by atoms with Crippen molar-refractivity contribution in [2.24, 2.45) is 17.6 Å². The Kier molecular flexibility index (Phi) is 3.82. The van der Waals surface area contributed by atoms with Gasteiger partial charge in [-0.3, -0.25) is 4.79 Å². The van der Waals surface area contributed by atoms with E-state index in [1.807, 2.05) is 0 Å². The quantitative estimate of drug-likeness (QED) is 0.723. The summed E-state index contributed by atoms with van der Waals surface area (Å²) < 4.78 is 4.92. The molecule has 0 spiro atoms. The molecule has 2 rings (SSSR count). The third-order valence-corrected chi connectivity index (χ3v) is 4.04. The first kappa shape index (κ1) is 11.9. The van der Waals surface area contributed by atoms with Gasteiger partial charge in [-0.2, -0.15) is 0 Å². The van der Waals surface area contributed by atoms with E-state index in [9.17, 15) is 4.79 Å². The van der Waals surface area contributed by atoms with Crippen LogP contribution in [0.25, 0.3) is 0 Å². The second-order valence-electron chi connectivity index (χ2n) is 5.18. The van der Waals surface area contributed by atoms with Crippen molar-refractivity contribution in [3.05, 3.63) is 0 Å². The highest BCUT2D eigenvalue weighted by Gasteiger charge is 2.40. The van der Waals surface area contributed by atoms with Gasteiger partial charge in [-0.1, -0.05) is 6.42 Å². The van der Waals surface area contributed by atoms with Gasteiger partial charge in [-0.05, 0) is 37.5 Å². The Morgan fingerprint density at radius 2 is 2.31 bits per heavy atom. The molecule has 0 saturated heterocycles. The highest BCUT2D eigenvalue weighted by molar-refractivity contribution is 5.81. The fraction of sp³-hybridized carbons (Fsp3) is 0.917. The number of methoxy groups -OCH3 is 1. The van der Waals surface area contributed by atoms with Gasteiger partial charge in [0.15, 0.2) is 0 Å². The molecule has 3 N–H and O–H groups in total. The van der Waals surface area contributed by atoms with Gasteiger partial charge < -0.3 is 15.8 Å². The molecule has 2 bridgehead atoms. The van der Waals surface area contributed by atoms with Crippen molar-refractivity contribution in [1.82, 2.24) is 5.32 Å². The summed E-state index contributed by atoms with van der Waals surface area (Å²) in [5, 5.41) is 3.10. The summed E-state index contributed by atoms with van der Waals surface area (Å²) in [4.78, 5) is 11.8. The third-order valence-electron chi connectivity index (χ3n) is 4.04. The molecular formula is C12H22N2O2. The van der Waals surface area contributed by atoms with Gasteiger partial charge in [-0.25, -0.2) is 0 Å². The predicted octanol–water partition coefficient (Wildman–Crippen LogP) is 0.655. The predicted molar refractivity (Wildman–Crippen MR) is 61.8 cm³/mol. The van der Waals surface area contributed by atoms with E-state index in [-0.39, 0.29) is 5.91 Å². The number of hydrogen-bond donors (Lipinski definition) is 2. The van der Waals surface area contributed by atoms with Gasteiger partial charge in [-0.15, -0.1) is 0 Å². The van der Waals surface area contributed by atoms with Gasteiger partial charge in [0.05, 0.1) is 6.04 Å². The van der Waals surface area contributed by atoms with Gasteiger partial charge in [0.1, 0.15) is 0 Å². The number of fused-ring (bicyclic) bond motifs is 2. The zero-order valence-electron chi connectivity index (χ0n) is 9.95. The number of hydrogen-bond acceptors (Lipinski definition) is 3. The largest absolute Gasteiger partial charge is 0.385 e. The van der Waals surface area contributed by atoms with E-state index in [0.717, 1.165) is 12.3 Å². The van der Waals surface area contributed by atoms with Gasteiger partial charge in [0, 0.05) is 19.8 Å². The number of rotatable bonds is 5. The summed E-state index contributed by atoms with van der Waals surface area (Å²) in [7, 11) is 1.63. The maximum absolute atomic E-state index is 11.8. The zero-order valence-corrected chi connectivity index (χ0v) is 9.95. The van der Waals surface area contributed by atoms with E-state index in [1.165, 1.54) is 19.3 Å². The Labute approximate surface area is 96.9 Å². The molecule has 92 valence electrons. The molecule has 1 amide bonds. The SMILES string of the molecule is COCCC(N)C(=O)NC1CC2CCC1C2. The number of nitrogens with two attached hydrogens (primary N) is 1. The molecule has 0 heterocycles. The first-order valence-electron chi connectivity index (χ1n) is 6.25. The second kappa shape index (κ2) is 5.15. The molecule has 0 aliphatic heterocycles. The highest BCUT2D eigenvalue weighted by atomic mass is 16.5. The first-order valence-corrected chi connectivity index (χ1v) is 6.25. The topological polar surface area (TPSA) is 64.3 Å². The van der Waals surface area contributed by atoms with E-state index in [0.29, 0.717) is 25.0 Å². The molecule has 0 aromatic heterocycles. The number of nitrogens with one attached hydrogen (secondary N) is 1. The van der Waals surface area contributed by atoms with E-state index < -0.39 is 6.04 Å². The maximum atomic E-state index is 11.8. The molecule has 4 heteroatoms. The van der Waals surface area contributed by atoms with Crippen molar-refractivity contribution >= 4 is 5.91 Å². The molecule has 0 aromatic rings. The summed E-state index contributed by atoms with van der Waals surface area (Å²) >= 11 is 0. The Bertz CT molecular complexity index is 257. The minimum absolute atomic E-state index is 0.00500. The zero-order chi connectivity index (χ0) is 11.5. The third kappa shape index (κ3) is 2.55. The van der Waals surface area contributed by atoms with Crippen molar-refractivity contribution in [1.29, 1.82) is 0 Å². The van der Waals surface area contributed by atoms with Crippen molar-refractivity contribution in [3.8, 4) is 0 Å². The number of carbonyl (C=O) groups excluding carboxylic acids is 1. The number of amides is 1. The van der Waals surface area contributed by atoms with Crippen molar-refractivity contribution in [2.45, 2.75) is 44.2 Å². The van der Waals surface area contributed by atoms with E-state index >= 15 is 0 Å². The van der Waals surface area contributed by atoms with Gasteiger partial charge in [0.2, 0.25) is 5.91 Å². The average molecular weight is 226 g/mol. The van der Waals surface area contributed by atoms with Gasteiger partial charge >= 0.3 is 0 Å². The summed E-state index contributed by atoms with van der Waals surface area (Å²) in [5.41, 5.74) is 5.79. The summed E-state index contributed by atoms with van der Waals surface area (Å²) in [6.07, 6.45) is 5.70. The molecule has 2 aliphatic rings. The molecule has 4 nitrogen and oxygen atoms in total. The molecule has 4 atom stereocenters. The van der Waals surface area contributed by atoms with Crippen LogP contribution in [0.4, 0.5) is 0 Å². The van der Waals surface area contributed by atoms with Crippen molar-refractivity contribution < 1.29 is 9.53 Å². The molecular weight excluding hydrogens is 204 g/mol. The Balaban J connectivity index is 1.74. The fourth-order valence-electron chi connectivity index (χ4n) is 3.09. The van der Waals surface area contributed by atoms with E-state index in [4.69, 9.17) is 10.5 Å². The second-order valence-corrected chi connectivity index (χ2v) is 5.18. The van der Waals surface area contributed by atoms with Crippen LogP contribution in [0.3, 0.4) is 0 Å². The average Bonchev–Trinajstić information content (AvgIpc) is 2.87. The fourth-order valence-corrected chi connectivity index (χ4v) is 3.09. The van der Waals surface area contributed by atoms with Crippen LogP contribution >= 0.6 is 0 Å². The minimum Gasteiger partial charge on any atom is -0.385 e. The Hall–Kier alpha value is -0.610. The van der Waals surface area contributed by atoms with Crippen LogP contribution in [0.5, 0.6) is 0 Å². The Morgan fingerprint density at radius 1 is 1.50 bits per heavy atom. The highest BCUT2D eigenvalue weighted by Crippen LogP contribution is 2.44. The molecule has 0 aromatic carbocycles. The van der Waals surface area contributed by atoms with Crippen molar-refractivity contribution in [2.75, 3.05) is 13.7 Å². The normalized spacial score (nSPS) is 34.0. The maximum Gasteiger partial charge on any atom is 0.237 e. The lowest BCUT2D eigenvalue weighted by atomic mass is 9.95. The number of ether oxygens (including phenoxy) is 1. The standard InChI is InChI=1S/C12H22N2O2/c1-16-5-4-10(13)12(15)14-11-7-8-2-3-9(11)6-8/h8-11H,2-7,13H2,1H3,(H,14,15). The van der Waals surface area contributed by atoms with Crippen LogP contribution < -0.4 is 11.1 Å². The molecule has 4 unspecified atom stereocenters. The van der Waals surface area contributed by atoms with E-state index in [1.54, 1.807) is 7.11 Å². The first-order chi connectivity index (χ1) is 7.70. The van der Waals surface area contributed by atoms with Crippen LogP contribution in [0, 0.1) is 11.8 Å². The van der Waals surface area contributed by atoms with Crippen LogP contribution in [0.15, 0.2) is 0 Å². The van der Waals surface area contributed by atoms with Crippen LogP contribution in [-0.2, 0) is 9.53 Å². The van der Waals surface area contributed by atoms with Crippen LogP contribution in [0.2, 0.25) is 0 Å².